The molecule has 192 valence electrons. The zero-order valence-corrected chi connectivity index (χ0v) is 20.8. The van der Waals surface area contributed by atoms with Gasteiger partial charge in [-0.2, -0.15) is 0 Å². The van der Waals surface area contributed by atoms with Gasteiger partial charge in [0.25, 0.3) is 0 Å². The molecule has 0 saturated carbocycles. The SMILES string of the molecule is O=C(O)CC(NC(=O)C1CCCN(CCCc2ccc3c(n2)NCCC3)C1)c1ccc2c(c1)CCO2. The van der Waals surface area contributed by atoms with Crippen molar-refractivity contribution in [2.24, 2.45) is 5.92 Å². The third-order valence-electron chi connectivity index (χ3n) is 7.55. The van der Waals surface area contributed by atoms with Gasteiger partial charge in [0.15, 0.2) is 0 Å². The first kappa shape index (κ1) is 24.6. The van der Waals surface area contributed by atoms with Crippen LogP contribution in [-0.2, 0) is 28.9 Å². The first-order valence-corrected chi connectivity index (χ1v) is 13.3. The summed E-state index contributed by atoms with van der Waals surface area (Å²) < 4.78 is 5.57. The Kier molecular flexibility index (Phi) is 7.70. The summed E-state index contributed by atoms with van der Waals surface area (Å²) in [4.78, 5) is 31.9. The van der Waals surface area contributed by atoms with Gasteiger partial charge in [-0.25, -0.2) is 4.98 Å². The molecule has 0 spiro atoms. The molecule has 36 heavy (non-hydrogen) atoms. The summed E-state index contributed by atoms with van der Waals surface area (Å²) in [5, 5.41) is 15.9. The van der Waals surface area contributed by atoms with Gasteiger partial charge in [0.2, 0.25) is 5.91 Å². The minimum Gasteiger partial charge on any atom is -0.493 e. The lowest BCUT2D eigenvalue weighted by atomic mass is 9.94. The number of rotatable bonds is 9. The third-order valence-corrected chi connectivity index (χ3v) is 7.55. The van der Waals surface area contributed by atoms with Crippen molar-refractivity contribution in [2.45, 2.75) is 57.4 Å². The number of nitrogens with zero attached hydrogens (tertiary/aromatic N) is 2. The van der Waals surface area contributed by atoms with Crippen LogP contribution >= 0.6 is 0 Å². The summed E-state index contributed by atoms with van der Waals surface area (Å²) in [5.74, 6) is 0.793. The van der Waals surface area contributed by atoms with Crippen molar-refractivity contribution >= 4 is 17.7 Å². The highest BCUT2D eigenvalue weighted by atomic mass is 16.5. The lowest BCUT2D eigenvalue weighted by Gasteiger charge is -2.33. The maximum absolute atomic E-state index is 13.2. The van der Waals surface area contributed by atoms with E-state index in [0.717, 1.165) is 93.0 Å². The molecule has 8 heteroatoms. The molecule has 3 aliphatic heterocycles. The Morgan fingerprint density at radius 3 is 3.00 bits per heavy atom. The Bertz CT molecular complexity index is 1100. The Balaban J connectivity index is 1.14. The van der Waals surface area contributed by atoms with Gasteiger partial charge in [-0.05, 0) is 86.5 Å². The van der Waals surface area contributed by atoms with E-state index in [-0.39, 0.29) is 18.2 Å². The molecule has 1 amide bonds. The number of ether oxygens (including phenoxy) is 1. The number of pyridine rings is 1. The average molecular weight is 493 g/mol. The van der Waals surface area contributed by atoms with E-state index in [0.29, 0.717) is 13.2 Å². The van der Waals surface area contributed by atoms with Gasteiger partial charge in [0.1, 0.15) is 11.6 Å². The van der Waals surface area contributed by atoms with Crippen molar-refractivity contribution in [2.75, 3.05) is 38.1 Å². The molecule has 1 aromatic heterocycles. The monoisotopic (exact) mass is 492 g/mol. The number of likely N-dealkylation sites (tertiary alicyclic amines) is 1. The van der Waals surface area contributed by atoms with Crippen LogP contribution in [0.25, 0.3) is 0 Å². The number of aromatic nitrogens is 1. The molecule has 1 aromatic carbocycles. The molecular weight excluding hydrogens is 456 g/mol. The molecule has 2 atom stereocenters. The first-order chi connectivity index (χ1) is 17.5. The zero-order chi connectivity index (χ0) is 24.9. The molecule has 1 fully saturated rings. The van der Waals surface area contributed by atoms with Crippen molar-refractivity contribution < 1.29 is 19.4 Å². The van der Waals surface area contributed by atoms with Gasteiger partial charge >= 0.3 is 5.97 Å². The number of aliphatic carboxylic acids is 1. The van der Waals surface area contributed by atoms with E-state index < -0.39 is 12.0 Å². The van der Waals surface area contributed by atoms with Crippen LogP contribution in [0.3, 0.4) is 0 Å². The van der Waals surface area contributed by atoms with Crippen LogP contribution in [0.5, 0.6) is 5.75 Å². The molecule has 2 aromatic rings. The standard InChI is InChI=1S/C28H36N4O4/c33-26(34)17-24(20-8-10-25-21(16-20)11-15-36-25)31-28(35)22-5-2-13-32(18-22)14-3-6-23-9-7-19-4-1-12-29-27(19)30-23/h7-10,16,22,24H,1-6,11-15,17-18H2,(H,29,30)(H,31,35)(H,33,34). The molecule has 5 rings (SSSR count). The first-order valence-electron chi connectivity index (χ1n) is 13.3. The molecule has 2 unspecified atom stereocenters. The normalized spacial score (nSPS) is 19.9. The van der Waals surface area contributed by atoms with E-state index in [2.05, 4.69) is 27.7 Å². The lowest BCUT2D eigenvalue weighted by molar-refractivity contribution is -0.138. The Morgan fingerprint density at radius 1 is 1.19 bits per heavy atom. The molecule has 4 heterocycles. The second-order valence-electron chi connectivity index (χ2n) is 10.2. The number of carboxylic acids is 1. The number of hydrogen-bond acceptors (Lipinski definition) is 6. The maximum atomic E-state index is 13.2. The third kappa shape index (κ3) is 5.98. The predicted octanol–water partition coefficient (Wildman–Crippen LogP) is 3.35. The second kappa shape index (κ2) is 11.3. The minimum atomic E-state index is -0.923. The van der Waals surface area contributed by atoms with Gasteiger partial charge in [0.05, 0.1) is 25.0 Å². The number of hydrogen-bond donors (Lipinski definition) is 3. The number of fused-ring (bicyclic) bond motifs is 2. The number of carboxylic acid groups (broad SMARTS) is 1. The van der Waals surface area contributed by atoms with Gasteiger partial charge in [-0.1, -0.05) is 12.1 Å². The van der Waals surface area contributed by atoms with E-state index >= 15 is 0 Å². The van der Waals surface area contributed by atoms with Crippen LogP contribution in [-0.4, -0.2) is 59.7 Å². The highest BCUT2D eigenvalue weighted by Gasteiger charge is 2.29. The molecule has 8 nitrogen and oxygen atoms in total. The Hall–Kier alpha value is -3.13. The Labute approximate surface area is 212 Å². The summed E-state index contributed by atoms with van der Waals surface area (Å²) in [6, 6.07) is 9.54. The number of piperidine rings is 1. The van der Waals surface area contributed by atoms with E-state index in [4.69, 9.17) is 9.72 Å². The van der Waals surface area contributed by atoms with Crippen LogP contribution in [0.4, 0.5) is 5.82 Å². The average Bonchev–Trinajstić information content (AvgIpc) is 3.36. The van der Waals surface area contributed by atoms with Crippen LogP contribution < -0.4 is 15.4 Å². The fourth-order valence-electron chi connectivity index (χ4n) is 5.60. The topological polar surface area (TPSA) is 104 Å². The van der Waals surface area contributed by atoms with Crippen LogP contribution in [0.2, 0.25) is 0 Å². The predicted molar refractivity (Wildman–Crippen MR) is 137 cm³/mol. The van der Waals surface area contributed by atoms with Gasteiger partial charge in [-0.15, -0.1) is 0 Å². The van der Waals surface area contributed by atoms with Crippen molar-refractivity contribution in [3.8, 4) is 5.75 Å². The zero-order valence-electron chi connectivity index (χ0n) is 20.8. The number of carbonyl (C=O) groups excluding carboxylic acids is 1. The molecule has 0 radical (unpaired) electrons. The van der Waals surface area contributed by atoms with Crippen molar-refractivity contribution in [1.82, 2.24) is 15.2 Å². The quantitative estimate of drug-likeness (QED) is 0.493. The van der Waals surface area contributed by atoms with Crippen LogP contribution in [0.15, 0.2) is 30.3 Å². The minimum absolute atomic E-state index is 0.0508. The number of anilines is 1. The summed E-state index contributed by atoms with van der Waals surface area (Å²) in [6.45, 7) is 4.27. The van der Waals surface area contributed by atoms with Crippen LogP contribution in [0, 0.1) is 5.92 Å². The van der Waals surface area contributed by atoms with Crippen molar-refractivity contribution in [1.29, 1.82) is 0 Å². The van der Waals surface area contributed by atoms with E-state index in [9.17, 15) is 14.7 Å². The fourth-order valence-corrected chi connectivity index (χ4v) is 5.60. The molecular formula is C28H36N4O4. The Morgan fingerprint density at radius 2 is 2.11 bits per heavy atom. The van der Waals surface area contributed by atoms with E-state index in [1.54, 1.807) is 0 Å². The second-order valence-corrected chi connectivity index (χ2v) is 10.2. The maximum Gasteiger partial charge on any atom is 0.305 e. The largest absolute Gasteiger partial charge is 0.493 e. The molecule has 3 N–H and O–H groups in total. The fraction of sp³-hybridized carbons (Fsp3) is 0.536. The van der Waals surface area contributed by atoms with E-state index in [1.165, 1.54) is 5.56 Å². The molecule has 0 aliphatic carbocycles. The number of aryl methyl sites for hydroxylation is 2. The summed E-state index contributed by atoms with van der Waals surface area (Å²) in [6.07, 6.45) is 6.66. The number of amides is 1. The van der Waals surface area contributed by atoms with Gasteiger partial charge < -0.3 is 25.4 Å². The van der Waals surface area contributed by atoms with Crippen molar-refractivity contribution in [3.63, 3.8) is 0 Å². The van der Waals surface area contributed by atoms with Crippen molar-refractivity contribution in [3.05, 3.63) is 52.7 Å². The number of benzene rings is 1. The summed E-state index contributed by atoms with van der Waals surface area (Å²) in [5.41, 5.74) is 4.33. The number of nitrogens with one attached hydrogen (secondary N) is 2. The number of carbonyl (C=O) groups is 2. The molecule has 0 bridgehead atoms. The van der Waals surface area contributed by atoms with Gasteiger partial charge in [-0.3, -0.25) is 9.59 Å². The highest BCUT2D eigenvalue weighted by molar-refractivity contribution is 5.80. The smallest absolute Gasteiger partial charge is 0.305 e. The summed E-state index contributed by atoms with van der Waals surface area (Å²) >= 11 is 0. The van der Waals surface area contributed by atoms with Gasteiger partial charge in [0, 0.05) is 25.2 Å². The highest BCUT2D eigenvalue weighted by Crippen LogP contribution is 2.30. The lowest BCUT2D eigenvalue weighted by Crippen LogP contribution is -2.44. The molecule has 1 saturated heterocycles. The molecule has 3 aliphatic rings. The van der Waals surface area contributed by atoms with Crippen LogP contribution in [0.1, 0.15) is 60.5 Å². The van der Waals surface area contributed by atoms with E-state index in [1.807, 2.05) is 18.2 Å². The summed E-state index contributed by atoms with van der Waals surface area (Å²) in [7, 11) is 0.